The molecule has 1 N–H and O–H groups in total. The normalized spacial score (nSPS) is 11.4. The highest BCUT2D eigenvalue weighted by Gasteiger charge is 2.12. The Balaban J connectivity index is 2.15. The van der Waals surface area contributed by atoms with E-state index in [4.69, 9.17) is 0 Å². The number of aromatic hydroxyl groups is 1. The van der Waals surface area contributed by atoms with Crippen molar-refractivity contribution in [3.8, 4) is 5.75 Å². The minimum Gasteiger partial charge on any atom is -0.507 e. The fourth-order valence-electron chi connectivity index (χ4n) is 2.68. The minimum absolute atomic E-state index is 0.0770. The maximum Gasteiger partial charge on any atom is 0.498 e. The standard InChI is InChI=1S/C19H18N2O2/c1-13-12-15(21(3)19(23)20(13)2)9-10-17-16-7-5-4-6-14(16)8-11-18(17)22/h4-12H,1-3H3/p+1. The summed E-state index contributed by atoms with van der Waals surface area (Å²) >= 11 is 0. The Bertz CT molecular complexity index is 985. The highest BCUT2D eigenvalue weighted by molar-refractivity contribution is 5.94. The zero-order chi connectivity index (χ0) is 16.6. The highest BCUT2D eigenvalue weighted by Crippen LogP contribution is 2.28. The fraction of sp³-hybridized carbons (Fsp3) is 0.158. The number of hydrogen-bond acceptors (Lipinski definition) is 2. The van der Waals surface area contributed by atoms with Gasteiger partial charge in [-0.15, -0.1) is 0 Å². The van der Waals surface area contributed by atoms with Crippen LogP contribution in [0, 0.1) is 6.92 Å². The van der Waals surface area contributed by atoms with E-state index in [1.807, 2.05) is 55.5 Å². The molecule has 0 amide bonds. The van der Waals surface area contributed by atoms with Crippen LogP contribution in [0.15, 0.2) is 47.3 Å². The van der Waals surface area contributed by atoms with Crippen molar-refractivity contribution in [3.05, 3.63) is 69.9 Å². The number of aromatic nitrogens is 2. The molecule has 0 aliphatic carbocycles. The minimum atomic E-state index is -0.0770. The lowest BCUT2D eigenvalue weighted by molar-refractivity contribution is -0.692. The zero-order valence-electron chi connectivity index (χ0n) is 13.4. The molecule has 0 bridgehead atoms. The van der Waals surface area contributed by atoms with Gasteiger partial charge in [-0.25, -0.2) is 0 Å². The van der Waals surface area contributed by atoms with Crippen molar-refractivity contribution in [2.45, 2.75) is 6.92 Å². The lowest BCUT2D eigenvalue weighted by Gasteiger charge is -2.05. The van der Waals surface area contributed by atoms with Gasteiger partial charge in [-0.2, -0.15) is 13.9 Å². The first-order valence-electron chi connectivity index (χ1n) is 7.44. The first-order valence-corrected chi connectivity index (χ1v) is 7.44. The quantitative estimate of drug-likeness (QED) is 0.740. The molecule has 0 saturated carbocycles. The van der Waals surface area contributed by atoms with E-state index < -0.39 is 0 Å². The van der Waals surface area contributed by atoms with Gasteiger partial charge in [-0.1, -0.05) is 30.3 Å². The predicted octanol–water partition coefficient (Wildman–Crippen LogP) is 2.55. The Morgan fingerprint density at radius 1 is 1.13 bits per heavy atom. The van der Waals surface area contributed by atoms with Gasteiger partial charge in [0.15, 0.2) is 0 Å². The monoisotopic (exact) mass is 307 g/mol. The Labute approximate surface area is 134 Å². The highest BCUT2D eigenvalue weighted by atomic mass is 16.3. The number of nitrogens with zero attached hydrogens (tertiary/aromatic N) is 2. The lowest BCUT2D eigenvalue weighted by Crippen LogP contribution is -2.53. The molecule has 116 valence electrons. The van der Waals surface area contributed by atoms with Crippen LogP contribution >= 0.6 is 0 Å². The molecule has 23 heavy (non-hydrogen) atoms. The van der Waals surface area contributed by atoms with Crippen molar-refractivity contribution < 1.29 is 9.67 Å². The summed E-state index contributed by atoms with van der Waals surface area (Å²) < 4.78 is 3.19. The summed E-state index contributed by atoms with van der Waals surface area (Å²) in [5.41, 5.74) is 2.35. The number of aryl methyl sites for hydroxylation is 1. The Morgan fingerprint density at radius 3 is 2.65 bits per heavy atom. The third-order valence-electron chi connectivity index (χ3n) is 4.22. The predicted molar refractivity (Wildman–Crippen MR) is 92.1 cm³/mol. The van der Waals surface area contributed by atoms with Crippen LogP contribution in [-0.4, -0.2) is 9.67 Å². The summed E-state index contributed by atoms with van der Waals surface area (Å²) in [4.78, 5) is 12.1. The van der Waals surface area contributed by atoms with Gasteiger partial charge in [0, 0.05) is 11.6 Å². The summed E-state index contributed by atoms with van der Waals surface area (Å²) in [6, 6.07) is 13.4. The molecule has 4 nitrogen and oxygen atoms in total. The fourth-order valence-corrected chi connectivity index (χ4v) is 2.68. The van der Waals surface area contributed by atoms with Crippen LogP contribution in [0.4, 0.5) is 0 Å². The van der Waals surface area contributed by atoms with E-state index in [9.17, 15) is 9.90 Å². The SMILES string of the molecule is Cc1cc(/C=C/c2c(O)ccc3ccccc23)[n+](C)c(=O)n1C. The average Bonchev–Trinajstić information content (AvgIpc) is 2.56. The molecule has 0 spiro atoms. The molecule has 0 aliphatic heterocycles. The van der Waals surface area contributed by atoms with Gasteiger partial charge < -0.3 is 5.11 Å². The van der Waals surface area contributed by atoms with Crippen molar-refractivity contribution in [2.75, 3.05) is 0 Å². The molecular weight excluding hydrogens is 288 g/mol. The molecule has 4 heteroatoms. The van der Waals surface area contributed by atoms with Crippen LogP contribution in [0.25, 0.3) is 22.9 Å². The summed E-state index contributed by atoms with van der Waals surface area (Å²) in [5, 5.41) is 12.2. The van der Waals surface area contributed by atoms with Crippen LogP contribution in [0.1, 0.15) is 17.0 Å². The van der Waals surface area contributed by atoms with Crippen LogP contribution in [0.3, 0.4) is 0 Å². The molecule has 0 aliphatic rings. The van der Waals surface area contributed by atoms with Crippen molar-refractivity contribution in [3.63, 3.8) is 0 Å². The number of fused-ring (bicyclic) bond motifs is 1. The van der Waals surface area contributed by atoms with Gasteiger partial charge >= 0.3 is 5.69 Å². The van der Waals surface area contributed by atoms with Gasteiger partial charge in [-0.05, 0) is 35.9 Å². The maximum atomic E-state index is 12.1. The largest absolute Gasteiger partial charge is 0.507 e. The molecule has 1 heterocycles. The third-order valence-corrected chi connectivity index (χ3v) is 4.22. The maximum absolute atomic E-state index is 12.1. The van der Waals surface area contributed by atoms with Gasteiger partial charge in [0.05, 0.1) is 14.1 Å². The lowest BCUT2D eigenvalue weighted by atomic mass is 10.0. The first kappa shape index (κ1) is 15.0. The molecule has 3 rings (SSSR count). The zero-order valence-corrected chi connectivity index (χ0v) is 13.4. The molecule has 2 aromatic carbocycles. The summed E-state index contributed by atoms with van der Waals surface area (Å²) in [6.07, 6.45) is 3.71. The third kappa shape index (κ3) is 2.63. The van der Waals surface area contributed by atoms with E-state index in [1.165, 1.54) is 0 Å². The molecule has 1 aromatic heterocycles. The molecule has 0 atom stereocenters. The van der Waals surface area contributed by atoms with E-state index in [1.54, 1.807) is 29.3 Å². The van der Waals surface area contributed by atoms with Crippen molar-refractivity contribution in [2.24, 2.45) is 14.1 Å². The smallest absolute Gasteiger partial charge is 0.498 e. The van der Waals surface area contributed by atoms with Gasteiger partial charge in [0.1, 0.15) is 17.1 Å². The number of phenols is 1. The second kappa shape index (κ2) is 5.72. The molecule has 0 saturated heterocycles. The number of phenolic OH excluding ortho intramolecular Hbond substituents is 1. The van der Waals surface area contributed by atoms with Gasteiger partial charge in [0.2, 0.25) is 0 Å². The van der Waals surface area contributed by atoms with E-state index in [0.717, 1.165) is 27.7 Å². The van der Waals surface area contributed by atoms with E-state index in [-0.39, 0.29) is 11.4 Å². The number of rotatable bonds is 2. The summed E-state index contributed by atoms with van der Waals surface area (Å²) in [5.74, 6) is 0.225. The Hall–Kier alpha value is -2.88. The first-order chi connectivity index (χ1) is 11.0. The molecule has 0 unspecified atom stereocenters. The molecular formula is C19H19N2O2+. The van der Waals surface area contributed by atoms with Crippen molar-refractivity contribution in [1.82, 2.24) is 4.57 Å². The second-order valence-corrected chi connectivity index (χ2v) is 5.66. The number of hydrogen-bond donors (Lipinski definition) is 1. The van der Waals surface area contributed by atoms with Crippen LogP contribution < -0.4 is 10.3 Å². The summed E-state index contributed by atoms with van der Waals surface area (Å²) in [6.45, 7) is 1.90. The molecule has 0 fully saturated rings. The topological polar surface area (TPSA) is 46.1 Å². The molecule has 3 aromatic rings. The Kier molecular flexibility index (Phi) is 3.74. The van der Waals surface area contributed by atoms with E-state index in [2.05, 4.69) is 0 Å². The summed E-state index contributed by atoms with van der Waals surface area (Å²) in [7, 11) is 3.49. The van der Waals surface area contributed by atoms with Crippen molar-refractivity contribution in [1.29, 1.82) is 0 Å². The second-order valence-electron chi connectivity index (χ2n) is 5.66. The van der Waals surface area contributed by atoms with E-state index in [0.29, 0.717) is 0 Å². The van der Waals surface area contributed by atoms with Gasteiger partial charge in [-0.3, -0.25) is 0 Å². The Morgan fingerprint density at radius 2 is 1.87 bits per heavy atom. The van der Waals surface area contributed by atoms with E-state index >= 15 is 0 Å². The van der Waals surface area contributed by atoms with Crippen LogP contribution in [0.5, 0.6) is 5.75 Å². The van der Waals surface area contributed by atoms with Gasteiger partial charge in [0.25, 0.3) is 0 Å². The number of benzene rings is 2. The van der Waals surface area contributed by atoms with Crippen molar-refractivity contribution >= 4 is 22.9 Å². The molecule has 0 radical (unpaired) electrons. The van der Waals surface area contributed by atoms with Crippen LogP contribution in [-0.2, 0) is 14.1 Å². The van der Waals surface area contributed by atoms with Crippen LogP contribution in [0.2, 0.25) is 0 Å². The average molecular weight is 307 g/mol.